The SMILES string of the molecule is CC1(C)c2ccccc2-c2cc3c(cc21)Sc1ccccc1C31c2ccccc2-c2ccccc2-c2ccc(-c3cc(-c4ccc(-c5cccnc5)nc4)nc(-c4ccccc4)n3)cc21. The Morgan fingerprint density at radius 3 is 1.72 bits per heavy atom. The molecule has 13 rings (SSSR count). The van der Waals surface area contributed by atoms with Crippen LogP contribution < -0.4 is 0 Å². The maximum Gasteiger partial charge on any atom is 0.160 e. The van der Waals surface area contributed by atoms with Crippen molar-refractivity contribution in [2.24, 2.45) is 0 Å². The van der Waals surface area contributed by atoms with Gasteiger partial charge in [-0.05, 0) is 121 Å². The van der Waals surface area contributed by atoms with E-state index in [0.717, 1.165) is 39.3 Å². The molecule has 0 saturated carbocycles. The maximum absolute atomic E-state index is 5.39. The van der Waals surface area contributed by atoms with Gasteiger partial charge in [0.2, 0.25) is 0 Å². The average Bonchev–Trinajstić information content (AvgIpc) is 3.53. The number of rotatable bonds is 4. The molecule has 306 valence electrons. The topological polar surface area (TPSA) is 51.6 Å². The molecule has 4 heterocycles. The summed E-state index contributed by atoms with van der Waals surface area (Å²) in [5.41, 5.74) is 20.9. The zero-order valence-electron chi connectivity index (χ0n) is 35.8. The first-order valence-corrected chi connectivity index (χ1v) is 23.0. The molecule has 4 nitrogen and oxygen atoms in total. The Kier molecular flexibility index (Phi) is 8.37. The predicted molar refractivity (Wildman–Crippen MR) is 264 cm³/mol. The molecule has 1 spiro atoms. The van der Waals surface area contributed by atoms with Crippen LogP contribution in [0.2, 0.25) is 0 Å². The lowest BCUT2D eigenvalue weighted by molar-refractivity contribution is 0.653. The minimum atomic E-state index is -0.695. The third-order valence-electron chi connectivity index (χ3n) is 13.9. The van der Waals surface area contributed by atoms with Crippen molar-refractivity contribution < 1.29 is 0 Å². The van der Waals surface area contributed by atoms with Crippen molar-refractivity contribution in [3.05, 3.63) is 240 Å². The van der Waals surface area contributed by atoms with Gasteiger partial charge < -0.3 is 0 Å². The van der Waals surface area contributed by atoms with E-state index >= 15 is 0 Å². The molecule has 0 N–H and O–H groups in total. The van der Waals surface area contributed by atoms with E-state index in [1.54, 1.807) is 6.20 Å². The summed E-state index contributed by atoms with van der Waals surface area (Å²) in [6.07, 6.45) is 5.53. The van der Waals surface area contributed by atoms with Gasteiger partial charge in [-0.2, -0.15) is 0 Å². The Bertz CT molecular complexity index is 3540. The van der Waals surface area contributed by atoms with Crippen LogP contribution in [0.5, 0.6) is 0 Å². The fraction of sp³-hybridized carbons (Fsp3) is 0.0667. The molecule has 1 aliphatic heterocycles. The minimum Gasteiger partial charge on any atom is -0.264 e. The van der Waals surface area contributed by atoms with Crippen molar-refractivity contribution in [3.63, 3.8) is 0 Å². The molecule has 0 bridgehead atoms. The van der Waals surface area contributed by atoms with E-state index in [2.05, 4.69) is 170 Å². The number of aromatic nitrogens is 4. The summed E-state index contributed by atoms with van der Waals surface area (Å²) >= 11 is 1.90. The smallest absolute Gasteiger partial charge is 0.160 e. The van der Waals surface area contributed by atoms with Crippen LogP contribution in [0.4, 0.5) is 0 Å². The standard InChI is InChI=1S/C60H40N4S/c1-59(2)47-22-10-8-21-44(47)46-32-52-57(33-50(46)59)65-56-25-13-12-24-49(56)60(52)48-23-11-9-20-43(48)41-18-6-7-19-42(41)45-28-26-38(31-51(45)60)54-34-55(64-58(63-54)37-15-4-3-5-16-37)40-27-29-53(62-36-40)39-17-14-30-61-35-39/h3-36H,1-2H3. The highest BCUT2D eigenvalue weighted by Crippen LogP contribution is 2.63. The average molecular weight is 849 g/mol. The Hall–Kier alpha value is -7.73. The second-order valence-corrected chi connectivity index (χ2v) is 18.8. The lowest BCUT2D eigenvalue weighted by Gasteiger charge is -2.43. The summed E-state index contributed by atoms with van der Waals surface area (Å²) in [6.45, 7) is 4.76. The highest BCUT2D eigenvalue weighted by Gasteiger charge is 2.50. The Morgan fingerprint density at radius 2 is 0.985 bits per heavy atom. The fourth-order valence-corrected chi connectivity index (χ4v) is 12.1. The molecule has 0 amide bonds. The molecule has 3 aliphatic rings. The van der Waals surface area contributed by atoms with Gasteiger partial charge in [-0.15, -0.1) is 0 Å². The monoisotopic (exact) mass is 848 g/mol. The van der Waals surface area contributed by atoms with E-state index in [1.165, 1.54) is 76.6 Å². The quantitative estimate of drug-likeness (QED) is 0.177. The number of nitrogens with zero attached hydrogens (tertiary/aromatic N) is 4. The first-order valence-electron chi connectivity index (χ1n) is 22.2. The van der Waals surface area contributed by atoms with Gasteiger partial charge in [-0.25, -0.2) is 9.97 Å². The van der Waals surface area contributed by atoms with Crippen LogP contribution in [0.3, 0.4) is 0 Å². The molecule has 1 unspecified atom stereocenters. The second-order valence-electron chi connectivity index (χ2n) is 17.8. The van der Waals surface area contributed by atoms with Crippen molar-refractivity contribution in [3.8, 4) is 78.5 Å². The molecular weight excluding hydrogens is 809 g/mol. The van der Waals surface area contributed by atoms with Crippen LogP contribution in [0.1, 0.15) is 47.2 Å². The molecule has 2 aliphatic carbocycles. The molecule has 3 aromatic heterocycles. The third-order valence-corrected chi connectivity index (χ3v) is 15.1. The molecular formula is C60H40N4S. The van der Waals surface area contributed by atoms with Gasteiger partial charge in [-0.1, -0.05) is 159 Å². The third kappa shape index (κ3) is 5.65. The van der Waals surface area contributed by atoms with Gasteiger partial charge >= 0.3 is 0 Å². The molecule has 7 aromatic carbocycles. The van der Waals surface area contributed by atoms with Crippen LogP contribution in [0.15, 0.2) is 216 Å². The van der Waals surface area contributed by atoms with Gasteiger partial charge in [0.15, 0.2) is 5.82 Å². The van der Waals surface area contributed by atoms with Crippen molar-refractivity contribution in [2.75, 3.05) is 0 Å². The normalized spacial score (nSPS) is 15.7. The number of fused-ring (bicyclic) bond motifs is 14. The number of pyridine rings is 2. The maximum atomic E-state index is 5.39. The number of hydrogen-bond acceptors (Lipinski definition) is 5. The summed E-state index contributed by atoms with van der Waals surface area (Å²) in [4.78, 5) is 22.4. The number of benzene rings is 7. The predicted octanol–water partition coefficient (Wildman–Crippen LogP) is 14.7. The Balaban J connectivity index is 1.11. The highest BCUT2D eigenvalue weighted by molar-refractivity contribution is 7.99. The van der Waals surface area contributed by atoms with Gasteiger partial charge in [0.05, 0.1) is 22.5 Å². The van der Waals surface area contributed by atoms with Crippen LogP contribution in [0, 0.1) is 0 Å². The Morgan fingerprint density at radius 1 is 0.369 bits per heavy atom. The molecule has 65 heavy (non-hydrogen) atoms. The van der Waals surface area contributed by atoms with E-state index in [1.807, 2.05) is 60.6 Å². The summed E-state index contributed by atoms with van der Waals surface area (Å²) in [5.74, 6) is 0.663. The lowest BCUT2D eigenvalue weighted by atomic mass is 9.62. The first kappa shape index (κ1) is 37.8. The van der Waals surface area contributed by atoms with E-state index in [-0.39, 0.29) is 5.41 Å². The molecule has 0 radical (unpaired) electrons. The molecule has 1 atom stereocenters. The van der Waals surface area contributed by atoms with Gasteiger partial charge in [0.1, 0.15) is 0 Å². The van der Waals surface area contributed by atoms with Crippen LogP contribution in [-0.2, 0) is 10.8 Å². The van der Waals surface area contributed by atoms with E-state index in [9.17, 15) is 0 Å². The highest BCUT2D eigenvalue weighted by atomic mass is 32.2. The zero-order chi connectivity index (χ0) is 43.3. The van der Waals surface area contributed by atoms with E-state index in [4.69, 9.17) is 15.0 Å². The largest absolute Gasteiger partial charge is 0.264 e. The van der Waals surface area contributed by atoms with Crippen molar-refractivity contribution in [1.29, 1.82) is 0 Å². The fourth-order valence-electron chi connectivity index (χ4n) is 10.9. The molecule has 10 aromatic rings. The van der Waals surface area contributed by atoms with Crippen molar-refractivity contribution >= 4 is 11.8 Å². The molecule has 0 saturated heterocycles. The number of hydrogen-bond donors (Lipinski definition) is 0. The summed E-state index contributed by atoms with van der Waals surface area (Å²) in [6, 6.07) is 68.9. The Labute approximate surface area is 382 Å². The lowest BCUT2D eigenvalue weighted by Crippen LogP contribution is -2.35. The van der Waals surface area contributed by atoms with Crippen LogP contribution in [-0.4, -0.2) is 19.9 Å². The van der Waals surface area contributed by atoms with Crippen LogP contribution >= 0.6 is 11.8 Å². The van der Waals surface area contributed by atoms with Crippen LogP contribution in [0.25, 0.3) is 78.5 Å². The summed E-state index contributed by atoms with van der Waals surface area (Å²) in [7, 11) is 0. The van der Waals surface area contributed by atoms with Gasteiger partial charge in [0, 0.05) is 56.1 Å². The molecule has 5 heteroatoms. The van der Waals surface area contributed by atoms with Gasteiger partial charge in [0.25, 0.3) is 0 Å². The van der Waals surface area contributed by atoms with Gasteiger partial charge in [-0.3, -0.25) is 9.97 Å². The second kappa shape index (κ2) is 14.4. The van der Waals surface area contributed by atoms with Crippen molar-refractivity contribution in [1.82, 2.24) is 19.9 Å². The molecule has 0 fully saturated rings. The van der Waals surface area contributed by atoms with Crippen molar-refractivity contribution in [2.45, 2.75) is 34.5 Å². The minimum absolute atomic E-state index is 0.135. The van der Waals surface area contributed by atoms with E-state index in [0.29, 0.717) is 5.82 Å². The zero-order valence-corrected chi connectivity index (χ0v) is 36.6. The first-order chi connectivity index (χ1) is 32.0. The summed E-state index contributed by atoms with van der Waals surface area (Å²) in [5, 5.41) is 0. The summed E-state index contributed by atoms with van der Waals surface area (Å²) < 4.78 is 0. The van der Waals surface area contributed by atoms with E-state index < -0.39 is 5.41 Å².